The number of rotatable bonds is 11. The summed E-state index contributed by atoms with van der Waals surface area (Å²) in [6, 6.07) is 12.9. The van der Waals surface area contributed by atoms with Crippen LogP contribution >= 0.6 is 0 Å². The van der Waals surface area contributed by atoms with Crippen molar-refractivity contribution in [3.05, 3.63) is 53.1 Å². The summed E-state index contributed by atoms with van der Waals surface area (Å²) < 4.78 is 27.3. The van der Waals surface area contributed by atoms with Gasteiger partial charge >= 0.3 is 0 Å². The molecule has 0 atom stereocenters. The topological polar surface area (TPSA) is 99.0 Å². The summed E-state index contributed by atoms with van der Waals surface area (Å²) in [5, 5.41) is 12.1. The Balaban J connectivity index is 1.69. The molecule has 1 amide bonds. The number of nitrogens with one attached hydrogen (secondary N) is 1. The van der Waals surface area contributed by atoms with Gasteiger partial charge in [0.2, 0.25) is 6.79 Å². The number of hydrogen-bond acceptors (Lipinski definition) is 7. The largest absolute Gasteiger partial charge is 0.490 e. The van der Waals surface area contributed by atoms with E-state index >= 15 is 0 Å². The first-order valence-electron chi connectivity index (χ1n) is 10.3. The third-order valence-electron chi connectivity index (χ3n) is 4.59. The van der Waals surface area contributed by atoms with Crippen LogP contribution < -0.4 is 24.3 Å². The molecule has 0 aromatic heterocycles. The van der Waals surface area contributed by atoms with Crippen molar-refractivity contribution < 1.29 is 28.5 Å². The molecule has 1 aliphatic rings. The molecular formula is C24H26N2O6. The van der Waals surface area contributed by atoms with E-state index in [9.17, 15) is 10.1 Å². The number of methoxy groups -OCH3 is 1. The molecule has 8 nitrogen and oxygen atoms in total. The molecule has 0 saturated heterocycles. The molecule has 0 radical (unpaired) electrons. The first-order chi connectivity index (χ1) is 15.6. The van der Waals surface area contributed by atoms with E-state index in [1.165, 1.54) is 6.08 Å². The highest BCUT2D eigenvalue weighted by molar-refractivity contribution is 6.01. The molecule has 0 bridgehead atoms. The average molecular weight is 438 g/mol. The van der Waals surface area contributed by atoms with Crippen LogP contribution in [0.4, 0.5) is 0 Å². The predicted octanol–water partition coefficient (Wildman–Crippen LogP) is 3.45. The van der Waals surface area contributed by atoms with Crippen molar-refractivity contribution >= 4 is 12.0 Å². The van der Waals surface area contributed by atoms with Crippen molar-refractivity contribution in [2.75, 3.05) is 33.7 Å². The lowest BCUT2D eigenvalue weighted by Gasteiger charge is -2.13. The Bertz CT molecular complexity index is 1010. The van der Waals surface area contributed by atoms with E-state index < -0.39 is 5.91 Å². The minimum atomic E-state index is -0.426. The van der Waals surface area contributed by atoms with Gasteiger partial charge in [-0.25, -0.2) is 0 Å². The first kappa shape index (κ1) is 23.0. The number of carbonyl (C=O) groups excluding carboxylic acids is 1. The normalized spacial score (nSPS) is 12.2. The van der Waals surface area contributed by atoms with Crippen molar-refractivity contribution in [2.45, 2.75) is 20.0 Å². The van der Waals surface area contributed by atoms with Gasteiger partial charge in [-0.15, -0.1) is 0 Å². The summed E-state index contributed by atoms with van der Waals surface area (Å²) in [5.41, 5.74) is 1.60. The Kier molecular flexibility index (Phi) is 8.35. The summed E-state index contributed by atoms with van der Waals surface area (Å²) in [4.78, 5) is 12.2. The third-order valence-corrected chi connectivity index (χ3v) is 4.59. The fourth-order valence-electron chi connectivity index (χ4n) is 3.02. The van der Waals surface area contributed by atoms with E-state index in [0.29, 0.717) is 55.6 Å². The van der Waals surface area contributed by atoms with E-state index in [1.807, 2.05) is 31.2 Å². The summed E-state index contributed by atoms with van der Waals surface area (Å²) >= 11 is 0. The molecule has 168 valence electrons. The van der Waals surface area contributed by atoms with Gasteiger partial charge in [0.25, 0.3) is 5.91 Å². The van der Waals surface area contributed by atoms with Crippen molar-refractivity contribution in [3.63, 3.8) is 0 Å². The monoisotopic (exact) mass is 438 g/mol. The predicted molar refractivity (Wildman–Crippen MR) is 118 cm³/mol. The number of nitriles is 1. The van der Waals surface area contributed by atoms with Gasteiger partial charge < -0.3 is 29.0 Å². The second-order valence-corrected chi connectivity index (χ2v) is 6.89. The molecule has 1 heterocycles. The van der Waals surface area contributed by atoms with E-state index in [-0.39, 0.29) is 12.4 Å². The van der Waals surface area contributed by atoms with Crippen LogP contribution in [0.25, 0.3) is 6.08 Å². The summed E-state index contributed by atoms with van der Waals surface area (Å²) in [5.74, 6) is 2.07. The minimum absolute atomic E-state index is 0.0129. The molecule has 0 aliphatic carbocycles. The van der Waals surface area contributed by atoms with Gasteiger partial charge in [0.05, 0.1) is 6.61 Å². The SMILES string of the molecule is CCOc1cc(/C=C(\C#N)C(=O)NCCCOC)ccc1OCc1ccc2c(c1)OCO2. The first-order valence-corrected chi connectivity index (χ1v) is 10.3. The number of carbonyl (C=O) groups is 1. The van der Waals surface area contributed by atoms with Crippen LogP contribution in [-0.4, -0.2) is 39.6 Å². The van der Waals surface area contributed by atoms with Gasteiger partial charge in [-0.1, -0.05) is 12.1 Å². The van der Waals surface area contributed by atoms with Crippen LogP contribution in [-0.2, 0) is 16.1 Å². The number of nitrogens with zero attached hydrogens (tertiary/aromatic N) is 1. The number of ether oxygens (including phenoxy) is 5. The highest BCUT2D eigenvalue weighted by Crippen LogP contribution is 2.34. The maximum Gasteiger partial charge on any atom is 0.261 e. The Labute approximate surface area is 187 Å². The number of benzene rings is 2. The second kappa shape index (κ2) is 11.6. The van der Waals surface area contributed by atoms with Gasteiger partial charge in [-0.3, -0.25) is 4.79 Å². The third kappa shape index (κ3) is 6.15. The Morgan fingerprint density at radius 2 is 2.00 bits per heavy atom. The molecule has 8 heteroatoms. The Morgan fingerprint density at radius 3 is 2.78 bits per heavy atom. The van der Waals surface area contributed by atoms with Crippen molar-refractivity contribution in [1.82, 2.24) is 5.32 Å². The van der Waals surface area contributed by atoms with Crippen molar-refractivity contribution in [1.29, 1.82) is 5.26 Å². The zero-order valence-corrected chi connectivity index (χ0v) is 18.2. The molecule has 32 heavy (non-hydrogen) atoms. The van der Waals surface area contributed by atoms with Crippen molar-refractivity contribution in [3.8, 4) is 29.1 Å². The smallest absolute Gasteiger partial charge is 0.261 e. The van der Waals surface area contributed by atoms with E-state index in [2.05, 4.69) is 5.32 Å². The fourth-order valence-corrected chi connectivity index (χ4v) is 3.02. The summed E-state index contributed by atoms with van der Waals surface area (Å²) in [7, 11) is 1.60. The Morgan fingerprint density at radius 1 is 1.16 bits per heavy atom. The quantitative estimate of drug-likeness (QED) is 0.326. The van der Waals surface area contributed by atoms with Crippen LogP contribution in [0.5, 0.6) is 23.0 Å². The van der Waals surface area contributed by atoms with Crippen LogP contribution in [0.1, 0.15) is 24.5 Å². The van der Waals surface area contributed by atoms with Gasteiger partial charge in [0.1, 0.15) is 18.2 Å². The standard InChI is InChI=1S/C24H26N2O6/c1-3-29-22-12-17(11-19(14-25)24(27)26-9-4-10-28-2)5-7-20(22)30-15-18-6-8-21-23(13-18)32-16-31-21/h5-8,11-13H,3-4,9-10,15-16H2,1-2H3,(H,26,27)/b19-11+. The maximum absolute atomic E-state index is 12.2. The van der Waals surface area contributed by atoms with Gasteiger partial charge in [0.15, 0.2) is 23.0 Å². The maximum atomic E-state index is 12.2. The van der Waals surface area contributed by atoms with Crippen LogP contribution in [0, 0.1) is 11.3 Å². The highest BCUT2D eigenvalue weighted by Gasteiger charge is 2.14. The van der Waals surface area contributed by atoms with Crippen molar-refractivity contribution in [2.24, 2.45) is 0 Å². The zero-order chi connectivity index (χ0) is 22.8. The molecule has 2 aromatic rings. The molecule has 0 unspecified atom stereocenters. The number of amides is 1. The molecule has 0 saturated carbocycles. The summed E-state index contributed by atoms with van der Waals surface area (Å²) in [6.45, 7) is 3.83. The van der Waals surface area contributed by atoms with Crippen LogP contribution in [0.3, 0.4) is 0 Å². The van der Waals surface area contributed by atoms with Crippen LogP contribution in [0.15, 0.2) is 42.0 Å². The minimum Gasteiger partial charge on any atom is -0.490 e. The molecule has 3 rings (SSSR count). The second-order valence-electron chi connectivity index (χ2n) is 6.89. The molecule has 1 aliphatic heterocycles. The van der Waals surface area contributed by atoms with Gasteiger partial charge in [-0.05, 0) is 54.8 Å². The number of hydrogen-bond donors (Lipinski definition) is 1. The van der Waals surface area contributed by atoms with E-state index in [4.69, 9.17) is 23.7 Å². The van der Waals surface area contributed by atoms with Crippen LogP contribution in [0.2, 0.25) is 0 Å². The van der Waals surface area contributed by atoms with E-state index in [1.54, 1.807) is 25.3 Å². The van der Waals surface area contributed by atoms with Gasteiger partial charge in [0, 0.05) is 20.3 Å². The Hall–Kier alpha value is -3.70. The molecule has 2 aromatic carbocycles. The van der Waals surface area contributed by atoms with Gasteiger partial charge in [-0.2, -0.15) is 5.26 Å². The summed E-state index contributed by atoms with van der Waals surface area (Å²) in [6.07, 6.45) is 2.20. The van der Waals surface area contributed by atoms with E-state index in [0.717, 1.165) is 11.3 Å². The lowest BCUT2D eigenvalue weighted by atomic mass is 10.1. The molecule has 0 fully saturated rings. The fraction of sp³-hybridized carbons (Fsp3) is 0.333. The number of fused-ring (bicyclic) bond motifs is 1. The lowest BCUT2D eigenvalue weighted by Crippen LogP contribution is -2.26. The molecular weight excluding hydrogens is 412 g/mol. The average Bonchev–Trinajstić information content (AvgIpc) is 3.27. The molecule has 1 N–H and O–H groups in total. The zero-order valence-electron chi connectivity index (χ0n) is 18.2. The highest BCUT2D eigenvalue weighted by atomic mass is 16.7. The lowest BCUT2D eigenvalue weighted by molar-refractivity contribution is -0.117. The molecule has 0 spiro atoms.